The van der Waals surface area contributed by atoms with Gasteiger partial charge in [0.25, 0.3) is 0 Å². The standard InChI is InChI=1S/C8H16N2O3/c1-6(2)4-13-7(3)10-8(12)9-5-11/h7,11H,1,4-5H2,2-3H3,(H2,9,10,12). The Labute approximate surface area is 77.8 Å². The van der Waals surface area contributed by atoms with Crippen LogP contribution < -0.4 is 10.6 Å². The van der Waals surface area contributed by atoms with Gasteiger partial charge in [0, 0.05) is 0 Å². The van der Waals surface area contributed by atoms with Gasteiger partial charge in [0.05, 0.1) is 6.61 Å². The maximum atomic E-state index is 10.8. The second-order valence-corrected chi connectivity index (χ2v) is 2.72. The molecule has 5 heteroatoms. The zero-order valence-electron chi connectivity index (χ0n) is 7.96. The van der Waals surface area contributed by atoms with E-state index in [-0.39, 0.29) is 6.73 Å². The first-order valence-electron chi connectivity index (χ1n) is 3.97. The van der Waals surface area contributed by atoms with Crippen molar-refractivity contribution in [3.63, 3.8) is 0 Å². The van der Waals surface area contributed by atoms with Crippen molar-refractivity contribution in [1.29, 1.82) is 0 Å². The van der Waals surface area contributed by atoms with E-state index >= 15 is 0 Å². The molecule has 2 amide bonds. The van der Waals surface area contributed by atoms with Crippen LogP contribution >= 0.6 is 0 Å². The van der Waals surface area contributed by atoms with Crippen LogP contribution in [0.3, 0.4) is 0 Å². The molecule has 76 valence electrons. The Morgan fingerprint density at radius 1 is 1.69 bits per heavy atom. The number of rotatable bonds is 5. The maximum Gasteiger partial charge on any atom is 0.318 e. The van der Waals surface area contributed by atoms with Gasteiger partial charge in [0.15, 0.2) is 0 Å². The van der Waals surface area contributed by atoms with Gasteiger partial charge in [-0.25, -0.2) is 4.79 Å². The molecule has 0 bridgehead atoms. The second kappa shape index (κ2) is 6.45. The Morgan fingerprint density at radius 3 is 2.77 bits per heavy atom. The molecule has 3 N–H and O–H groups in total. The number of amides is 2. The molecule has 0 saturated heterocycles. The fourth-order valence-electron chi connectivity index (χ4n) is 0.616. The number of urea groups is 1. The van der Waals surface area contributed by atoms with Crippen LogP contribution in [0.1, 0.15) is 13.8 Å². The lowest BCUT2D eigenvalue weighted by Crippen LogP contribution is -2.42. The fourth-order valence-corrected chi connectivity index (χ4v) is 0.616. The van der Waals surface area contributed by atoms with Gasteiger partial charge in [-0.15, -0.1) is 0 Å². The number of carbonyl (C=O) groups is 1. The van der Waals surface area contributed by atoms with Crippen LogP contribution in [0.2, 0.25) is 0 Å². The Balaban J connectivity index is 3.55. The topological polar surface area (TPSA) is 70.6 Å². The lowest BCUT2D eigenvalue weighted by Gasteiger charge is -2.14. The number of aliphatic hydroxyl groups is 1. The molecule has 5 nitrogen and oxygen atoms in total. The van der Waals surface area contributed by atoms with Crippen LogP contribution in [0.25, 0.3) is 0 Å². The number of hydrogen-bond acceptors (Lipinski definition) is 3. The minimum absolute atomic E-state index is 0.390. The van der Waals surface area contributed by atoms with Gasteiger partial charge in [0.1, 0.15) is 13.0 Å². The number of aliphatic hydroxyl groups excluding tert-OH is 1. The summed E-state index contributed by atoms with van der Waals surface area (Å²) in [6, 6.07) is -0.461. The summed E-state index contributed by atoms with van der Waals surface area (Å²) in [6.45, 7) is 7.19. The third-order valence-corrected chi connectivity index (χ3v) is 1.15. The third-order valence-electron chi connectivity index (χ3n) is 1.15. The first kappa shape index (κ1) is 11.9. The van der Waals surface area contributed by atoms with E-state index in [0.717, 1.165) is 5.57 Å². The molecule has 0 fully saturated rings. The van der Waals surface area contributed by atoms with Crippen molar-refractivity contribution >= 4 is 6.03 Å². The molecular formula is C8H16N2O3. The SMILES string of the molecule is C=C(C)COC(C)NC(=O)NCO. The van der Waals surface area contributed by atoms with Crippen LogP contribution in [-0.2, 0) is 4.74 Å². The molecule has 0 aromatic carbocycles. The monoisotopic (exact) mass is 188 g/mol. The third kappa shape index (κ3) is 7.30. The number of carbonyl (C=O) groups excluding carboxylic acids is 1. The van der Waals surface area contributed by atoms with Gasteiger partial charge < -0.3 is 20.5 Å². The summed E-state index contributed by atoms with van der Waals surface area (Å²) in [4.78, 5) is 10.8. The number of ether oxygens (including phenoxy) is 1. The van der Waals surface area contributed by atoms with Crippen molar-refractivity contribution in [2.75, 3.05) is 13.3 Å². The molecule has 0 aliphatic rings. The lowest BCUT2D eigenvalue weighted by molar-refractivity contribution is 0.0648. The molecule has 0 aromatic heterocycles. The van der Waals surface area contributed by atoms with Crippen molar-refractivity contribution in [2.45, 2.75) is 20.1 Å². The van der Waals surface area contributed by atoms with E-state index in [1.807, 2.05) is 6.92 Å². The summed E-state index contributed by atoms with van der Waals surface area (Å²) in [5.74, 6) is 0. The Hall–Kier alpha value is -1.07. The Kier molecular flexibility index (Phi) is 5.92. The lowest BCUT2D eigenvalue weighted by atomic mass is 10.4. The molecule has 13 heavy (non-hydrogen) atoms. The van der Waals surface area contributed by atoms with Gasteiger partial charge in [-0.2, -0.15) is 0 Å². The minimum atomic E-state index is -0.461. The highest BCUT2D eigenvalue weighted by molar-refractivity contribution is 5.73. The van der Waals surface area contributed by atoms with Crippen LogP contribution in [0.4, 0.5) is 4.79 Å². The fraction of sp³-hybridized carbons (Fsp3) is 0.625. The normalized spacial score (nSPS) is 11.9. The quantitative estimate of drug-likeness (QED) is 0.425. The van der Waals surface area contributed by atoms with E-state index in [0.29, 0.717) is 6.61 Å². The summed E-state index contributed by atoms with van der Waals surface area (Å²) in [6.07, 6.45) is -0.400. The van der Waals surface area contributed by atoms with E-state index in [1.165, 1.54) is 0 Å². The molecule has 0 heterocycles. The summed E-state index contributed by atoms with van der Waals surface area (Å²) < 4.78 is 5.17. The van der Waals surface area contributed by atoms with Gasteiger partial charge in [0.2, 0.25) is 0 Å². The van der Waals surface area contributed by atoms with Crippen molar-refractivity contribution < 1.29 is 14.6 Å². The Bertz CT molecular complexity index is 182. The molecule has 1 unspecified atom stereocenters. The van der Waals surface area contributed by atoms with E-state index in [4.69, 9.17) is 9.84 Å². The van der Waals surface area contributed by atoms with Crippen molar-refractivity contribution in [2.24, 2.45) is 0 Å². The average Bonchev–Trinajstić information content (AvgIpc) is 2.01. The molecule has 0 aromatic rings. The molecule has 0 radical (unpaired) electrons. The number of hydrogen-bond donors (Lipinski definition) is 3. The smallest absolute Gasteiger partial charge is 0.318 e. The molecular weight excluding hydrogens is 172 g/mol. The maximum absolute atomic E-state index is 10.8. The summed E-state index contributed by atoms with van der Waals surface area (Å²) >= 11 is 0. The molecule has 0 spiro atoms. The van der Waals surface area contributed by atoms with Crippen LogP contribution in [-0.4, -0.2) is 30.7 Å². The van der Waals surface area contributed by atoms with Crippen molar-refractivity contribution in [1.82, 2.24) is 10.6 Å². The van der Waals surface area contributed by atoms with E-state index < -0.39 is 12.3 Å². The first-order chi connectivity index (χ1) is 6.06. The van der Waals surface area contributed by atoms with E-state index in [9.17, 15) is 4.79 Å². The highest BCUT2D eigenvalue weighted by Gasteiger charge is 2.05. The zero-order valence-corrected chi connectivity index (χ0v) is 7.96. The van der Waals surface area contributed by atoms with Crippen molar-refractivity contribution in [3.8, 4) is 0 Å². The summed E-state index contributed by atoms with van der Waals surface area (Å²) in [5, 5.41) is 13.0. The van der Waals surface area contributed by atoms with Gasteiger partial charge in [-0.1, -0.05) is 12.2 Å². The Morgan fingerprint density at radius 2 is 2.31 bits per heavy atom. The minimum Gasteiger partial charge on any atom is -0.376 e. The molecule has 0 rings (SSSR count). The van der Waals surface area contributed by atoms with Crippen LogP contribution in [0.15, 0.2) is 12.2 Å². The van der Waals surface area contributed by atoms with E-state index in [1.54, 1.807) is 6.92 Å². The largest absolute Gasteiger partial charge is 0.376 e. The molecule has 0 aliphatic carbocycles. The van der Waals surface area contributed by atoms with Crippen LogP contribution in [0, 0.1) is 0 Å². The highest BCUT2D eigenvalue weighted by atomic mass is 16.5. The van der Waals surface area contributed by atoms with Crippen molar-refractivity contribution in [3.05, 3.63) is 12.2 Å². The predicted molar refractivity (Wildman–Crippen MR) is 49.0 cm³/mol. The van der Waals surface area contributed by atoms with Gasteiger partial charge in [-0.05, 0) is 13.8 Å². The molecule has 0 aliphatic heterocycles. The molecule has 1 atom stereocenters. The van der Waals surface area contributed by atoms with Crippen LogP contribution in [0.5, 0.6) is 0 Å². The summed E-state index contributed by atoms with van der Waals surface area (Å²) in [7, 11) is 0. The van der Waals surface area contributed by atoms with Gasteiger partial charge in [-0.3, -0.25) is 0 Å². The predicted octanol–water partition coefficient (Wildman–Crippen LogP) is 0.174. The first-order valence-corrected chi connectivity index (χ1v) is 3.97. The van der Waals surface area contributed by atoms with Gasteiger partial charge >= 0.3 is 6.03 Å². The second-order valence-electron chi connectivity index (χ2n) is 2.72. The zero-order chi connectivity index (χ0) is 10.3. The average molecular weight is 188 g/mol. The number of nitrogens with one attached hydrogen (secondary N) is 2. The summed E-state index contributed by atoms with van der Waals surface area (Å²) in [5.41, 5.74) is 0.885. The molecule has 0 saturated carbocycles. The highest BCUT2D eigenvalue weighted by Crippen LogP contribution is 1.92. The van der Waals surface area contributed by atoms with E-state index in [2.05, 4.69) is 17.2 Å².